The van der Waals surface area contributed by atoms with Gasteiger partial charge in [-0.1, -0.05) is 0 Å². The molecule has 2 fully saturated rings. The lowest BCUT2D eigenvalue weighted by molar-refractivity contribution is -0.122. The fourth-order valence-electron chi connectivity index (χ4n) is 4.11. The molecule has 3 N–H and O–H groups in total. The lowest BCUT2D eigenvalue weighted by Crippen LogP contribution is -2.41. The van der Waals surface area contributed by atoms with E-state index in [1.165, 1.54) is 12.8 Å². The number of rotatable bonds is 7. The lowest BCUT2D eigenvalue weighted by atomic mass is 9.98. The second kappa shape index (κ2) is 7.15. The van der Waals surface area contributed by atoms with Gasteiger partial charge in [-0.15, -0.1) is 0 Å². The maximum atomic E-state index is 12.5. The highest BCUT2D eigenvalue weighted by atomic mass is 16.2. The molecule has 2 aliphatic rings. The smallest absolute Gasteiger partial charge is 0.231 e. The molecular weight excluding hydrogens is 318 g/mol. The average Bonchev–Trinajstić information content (AvgIpc) is 3.24. The van der Waals surface area contributed by atoms with E-state index in [9.17, 15) is 9.59 Å². The lowest BCUT2D eigenvalue weighted by Gasteiger charge is -2.19. The molecule has 1 saturated heterocycles. The highest BCUT2D eigenvalue weighted by Crippen LogP contribution is 2.41. The van der Waals surface area contributed by atoms with Crippen molar-refractivity contribution in [3.63, 3.8) is 0 Å². The predicted molar refractivity (Wildman–Crippen MR) is 94.8 cm³/mol. The van der Waals surface area contributed by atoms with Gasteiger partial charge < -0.3 is 11.1 Å². The van der Waals surface area contributed by atoms with E-state index in [1.54, 1.807) is 0 Å². The Balaban J connectivity index is 1.55. The van der Waals surface area contributed by atoms with Gasteiger partial charge in [-0.25, -0.2) is 0 Å². The Morgan fingerprint density at radius 3 is 2.56 bits per heavy atom. The Morgan fingerprint density at radius 2 is 2.00 bits per heavy atom. The molecule has 1 aliphatic carbocycles. The van der Waals surface area contributed by atoms with Gasteiger partial charge in [0.15, 0.2) is 0 Å². The number of hydrogen-bond donors (Lipinski definition) is 2. The Morgan fingerprint density at radius 1 is 1.28 bits per heavy atom. The molecule has 0 spiro atoms. The van der Waals surface area contributed by atoms with Crippen LogP contribution < -0.4 is 11.1 Å². The number of aryl methyl sites for hydroxylation is 2. The standard InChI is InChI=1S/C18H29N5O2/c1-11-14(12(2)22(3)21-11)6-7-18(25)20-16-9-23(10-17(19)24)8-15(16)13-4-5-13/h13,15-16H,4-10H2,1-3H3,(H2,19,24)(H,20,25). The molecule has 7 heteroatoms. The van der Waals surface area contributed by atoms with Crippen molar-refractivity contribution in [1.29, 1.82) is 0 Å². The summed E-state index contributed by atoms with van der Waals surface area (Å²) in [7, 11) is 1.93. The number of carbonyl (C=O) groups is 2. The number of nitrogens with one attached hydrogen (secondary N) is 1. The van der Waals surface area contributed by atoms with Gasteiger partial charge in [0.05, 0.1) is 12.2 Å². The van der Waals surface area contributed by atoms with Crippen molar-refractivity contribution >= 4 is 11.8 Å². The molecule has 1 aliphatic heterocycles. The van der Waals surface area contributed by atoms with Gasteiger partial charge in [0.2, 0.25) is 11.8 Å². The number of aromatic nitrogens is 2. The minimum absolute atomic E-state index is 0.0826. The quantitative estimate of drug-likeness (QED) is 0.741. The molecule has 1 saturated carbocycles. The van der Waals surface area contributed by atoms with Crippen LogP contribution in [0.4, 0.5) is 0 Å². The molecule has 138 valence electrons. The Bertz CT molecular complexity index is 665. The molecular formula is C18H29N5O2. The van der Waals surface area contributed by atoms with Crippen molar-refractivity contribution in [3.8, 4) is 0 Å². The van der Waals surface area contributed by atoms with Gasteiger partial charge in [0.25, 0.3) is 0 Å². The molecule has 0 bridgehead atoms. The Labute approximate surface area is 148 Å². The summed E-state index contributed by atoms with van der Waals surface area (Å²) in [5.74, 6) is 0.916. The summed E-state index contributed by atoms with van der Waals surface area (Å²) < 4.78 is 1.87. The summed E-state index contributed by atoms with van der Waals surface area (Å²) in [4.78, 5) is 25.7. The van der Waals surface area contributed by atoms with Gasteiger partial charge in [-0.05, 0) is 50.5 Å². The van der Waals surface area contributed by atoms with Crippen LogP contribution in [0.1, 0.15) is 36.2 Å². The summed E-state index contributed by atoms with van der Waals surface area (Å²) in [5, 5.41) is 7.62. The van der Waals surface area contributed by atoms with E-state index in [1.807, 2.05) is 25.6 Å². The van der Waals surface area contributed by atoms with Crippen LogP contribution in [-0.2, 0) is 23.1 Å². The van der Waals surface area contributed by atoms with Crippen LogP contribution in [-0.4, -0.2) is 52.2 Å². The van der Waals surface area contributed by atoms with Gasteiger partial charge in [0.1, 0.15) is 0 Å². The van der Waals surface area contributed by atoms with E-state index in [0.29, 0.717) is 24.7 Å². The first-order chi connectivity index (χ1) is 11.8. The average molecular weight is 347 g/mol. The van der Waals surface area contributed by atoms with Gasteiger partial charge >= 0.3 is 0 Å². The summed E-state index contributed by atoms with van der Waals surface area (Å²) in [6, 6.07) is 0.135. The van der Waals surface area contributed by atoms with Crippen LogP contribution in [0.5, 0.6) is 0 Å². The molecule has 2 heterocycles. The largest absolute Gasteiger partial charge is 0.369 e. The van der Waals surface area contributed by atoms with Crippen LogP contribution in [0, 0.1) is 25.7 Å². The number of primary amides is 1. The Kier molecular flexibility index (Phi) is 5.13. The molecule has 1 aromatic heterocycles. The zero-order valence-corrected chi connectivity index (χ0v) is 15.4. The molecule has 2 atom stereocenters. The first-order valence-corrected chi connectivity index (χ1v) is 9.14. The van der Waals surface area contributed by atoms with E-state index in [-0.39, 0.29) is 24.4 Å². The summed E-state index contributed by atoms with van der Waals surface area (Å²) in [6.07, 6.45) is 3.64. The third kappa shape index (κ3) is 4.21. The van der Waals surface area contributed by atoms with E-state index < -0.39 is 0 Å². The van der Waals surface area contributed by atoms with Crippen LogP contribution in [0.15, 0.2) is 0 Å². The topological polar surface area (TPSA) is 93.2 Å². The number of amides is 2. The van der Waals surface area contributed by atoms with Gasteiger partial charge in [-0.2, -0.15) is 5.10 Å². The van der Waals surface area contributed by atoms with Crippen molar-refractivity contribution in [2.45, 2.75) is 45.6 Å². The van der Waals surface area contributed by atoms with Crippen molar-refractivity contribution in [3.05, 3.63) is 17.0 Å². The molecule has 0 aromatic carbocycles. The van der Waals surface area contributed by atoms with Crippen molar-refractivity contribution in [2.24, 2.45) is 24.6 Å². The zero-order chi connectivity index (χ0) is 18.1. The van der Waals surface area contributed by atoms with Crippen LogP contribution >= 0.6 is 0 Å². The second-order valence-corrected chi connectivity index (χ2v) is 7.61. The van der Waals surface area contributed by atoms with E-state index in [0.717, 1.165) is 30.0 Å². The summed E-state index contributed by atoms with van der Waals surface area (Å²) in [5.41, 5.74) is 8.61. The summed E-state index contributed by atoms with van der Waals surface area (Å²) in [6.45, 7) is 5.89. The maximum Gasteiger partial charge on any atom is 0.231 e. The predicted octanol–water partition coefficient (Wildman–Crippen LogP) is 0.281. The fourth-order valence-corrected chi connectivity index (χ4v) is 4.11. The third-order valence-corrected chi connectivity index (χ3v) is 5.66. The molecule has 0 radical (unpaired) electrons. The van der Waals surface area contributed by atoms with E-state index in [4.69, 9.17) is 5.73 Å². The first-order valence-electron chi connectivity index (χ1n) is 9.14. The fraction of sp³-hybridized carbons (Fsp3) is 0.722. The van der Waals surface area contributed by atoms with Gasteiger partial charge in [-0.3, -0.25) is 19.2 Å². The summed E-state index contributed by atoms with van der Waals surface area (Å²) >= 11 is 0. The normalized spacial score (nSPS) is 23.8. The molecule has 2 unspecified atom stereocenters. The van der Waals surface area contributed by atoms with Gasteiger partial charge in [0, 0.05) is 38.3 Å². The Hall–Kier alpha value is -1.89. The molecule has 2 amide bonds. The maximum absolute atomic E-state index is 12.5. The van der Waals surface area contributed by atoms with Crippen molar-refractivity contribution in [2.75, 3.05) is 19.6 Å². The number of hydrogen-bond acceptors (Lipinski definition) is 4. The molecule has 25 heavy (non-hydrogen) atoms. The number of nitrogens with two attached hydrogens (primary N) is 1. The van der Waals surface area contributed by atoms with Crippen LogP contribution in [0.3, 0.4) is 0 Å². The van der Waals surface area contributed by atoms with Crippen molar-refractivity contribution < 1.29 is 9.59 Å². The monoisotopic (exact) mass is 347 g/mol. The SMILES string of the molecule is Cc1nn(C)c(C)c1CCC(=O)NC1CN(CC(N)=O)CC1C1CC1. The second-order valence-electron chi connectivity index (χ2n) is 7.61. The molecule has 3 rings (SSSR count). The molecule has 7 nitrogen and oxygen atoms in total. The zero-order valence-electron chi connectivity index (χ0n) is 15.4. The number of likely N-dealkylation sites (tertiary alicyclic amines) is 1. The minimum Gasteiger partial charge on any atom is -0.369 e. The van der Waals surface area contributed by atoms with E-state index in [2.05, 4.69) is 15.3 Å². The highest BCUT2D eigenvalue weighted by Gasteiger charge is 2.43. The number of nitrogens with zero attached hydrogens (tertiary/aromatic N) is 3. The van der Waals surface area contributed by atoms with Crippen LogP contribution in [0.25, 0.3) is 0 Å². The first kappa shape index (κ1) is 17.9. The highest BCUT2D eigenvalue weighted by molar-refractivity contribution is 5.77. The minimum atomic E-state index is -0.302. The van der Waals surface area contributed by atoms with Crippen LogP contribution in [0.2, 0.25) is 0 Å². The van der Waals surface area contributed by atoms with E-state index >= 15 is 0 Å². The third-order valence-electron chi connectivity index (χ3n) is 5.66. The number of carbonyl (C=O) groups excluding carboxylic acids is 2. The van der Waals surface area contributed by atoms with Crippen molar-refractivity contribution in [1.82, 2.24) is 20.0 Å². The molecule has 1 aromatic rings.